The zero-order valence-electron chi connectivity index (χ0n) is 14.2. The second-order valence-electron chi connectivity index (χ2n) is 6.40. The van der Waals surface area contributed by atoms with E-state index in [2.05, 4.69) is 16.8 Å². The molecule has 1 atom stereocenters. The van der Waals surface area contributed by atoms with Gasteiger partial charge in [-0.1, -0.05) is 6.58 Å². The summed E-state index contributed by atoms with van der Waals surface area (Å²) in [5.74, 6) is 0.172. The highest BCUT2D eigenvalue weighted by Gasteiger charge is 2.26. The normalized spacial score (nSPS) is 17.8. The van der Waals surface area contributed by atoms with Gasteiger partial charge in [0.2, 0.25) is 5.91 Å². The maximum atomic E-state index is 12.0. The van der Waals surface area contributed by atoms with Crippen molar-refractivity contribution in [2.75, 3.05) is 13.1 Å². The fourth-order valence-electron chi connectivity index (χ4n) is 3.47. The molecule has 1 amide bonds. The van der Waals surface area contributed by atoms with E-state index in [1.807, 2.05) is 34.9 Å². The Kier molecular flexibility index (Phi) is 3.83. The number of piperidine rings is 1. The summed E-state index contributed by atoms with van der Waals surface area (Å²) in [7, 11) is 1.89. The summed E-state index contributed by atoms with van der Waals surface area (Å²) in [6.07, 6.45) is 10.8. The molecule has 0 aromatic carbocycles. The third-order valence-electron chi connectivity index (χ3n) is 4.71. The second-order valence-corrected chi connectivity index (χ2v) is 6.40. The number of rotatable bonds is 3. The molecule has 4 heterocycles. The van der Waals surface area contributed by atoms with Crippen molar-refractivity contribution in [3.8, 4) is 11.3 Å². The minimum Gasteiger partial charge on any atom is -0.339 e. The number of carbonyl (C=O) groups excluding carboxylic acids is 1. The average Bonchev–Trinajstić information content (AvgIpc) is 3.28. The Morgan fingerprint density at radius 1 is 1.36 bits per heavy atom. The maximum absolute atomic E-state index is 12.0. The van der Waals surface area contributed by atoms with Gasteiger partial charge in [-0.05, 0) is 25.0 Å². The summed E-state index contributed by atoms with van der Waals surface area (Å²) in [5.41, 5.74) is 3.77. The molecule has 7 heteroatoms. The van der Waals surface area contributed by atoms with Crippen LogP contribution in [-0.4, -0.2) is 48.3 Å². The lowest BCUT2D eigenvalue weighted by Gasteiger charge is -2.32. The third kappa shape index (κ3) is 2.82. The maximum Gasteiger partial charge on any atom is 0.245 e. The molecule has 0 radical (unpaired) electrons. The summed E-state index contributed by atoms with van der Waals surface area (Å²) in [6.45, 7) is 5.04. The number of nitrogens with zero attached hydrogens (tertiary/aromatic N) is 6. The molecule has 1 saturated heterocycles. The van der Waals surface area contributed by atoms with E-state index in [4.69, 9.17) is 4.98 Å². The lowest BCUT2D eigenvalue weighted by Crippen LogP contribution is -2.38. The summed E-state index contributed by atoms with van der Waals surface area (Å²) >= 11 is 0. The number of aromatic nitrogens is 5. The van der Waals surface area contributed by atoms with E-state index in [-0.39, 0.29) is 11.8 Å². The molecular formula is C18H20N6O. The van der Waals surface area contributed by atoms with Crippen LogP contribution in [0.3, 0.4) is 0 Å². The number of hydrogen-bond donors (Lipinski definition) is 0. The van der Waals surface area contributed by atoms with Gasteiger partial charge in [-0.25, -0.2) is 9.50 Å². The van der Waals surface area contributed by atoms with Crippen LogP contribution in [0.4, 0.5) is 0 Å². The fraction of sp³-hybridized carbons (Fsp3) is 0.333. The summed E-state index contributed by atoms with van der Waals surface area (Å²) in [6, 6.07) is 1.98. The standard InChI is InChI=1S/C18H20N6O/c1-3-17(25)23-8-4-5-13(11-23)18-16-6-7-19-24(16)12-15(21-18)14-9-20-22(2)10-14/h3,6-7,9-10,12-13H,1,4-5,8,11H2,2H3. The van der Waals surface area contributed by atoms with Gasteiger partial charge in [0.15, 0.2) is 0 Å². The molecule has 1 unspecified atom stereocenters. The Hall–Kier alpha value is -2.96. The highest BCUT2D eigenvalue weighted by molar-refractivity contribution is 5.87. The summed E-state index contributed by atoms with van der Waals surface area (Å²) in [5, 5.41) is 8.62. The second kappa shape index (κ2) is 6.16. The van der Waals surface area contributed by atoms with Gasteiger partial charge in [0, 0.05) is 37.8 Å². The Balaban J connectivity index is 1.76. The predicted molar refractivity (Wildman–Crippen MR) is 93.9 cm³/mol. The minimum atomic E-state index is -0.0161. The Labute approximate surface area is 145 Å². The number of hydrogen-bond acceptors (Lipinski definition) is 4. The van der Waals surface area contributed by atoms with Crippen molar-refractivity contribution >= 4 is 11.4 Å². The van der Waals surface area contributed by atoms with Gasteiger partial charge < -0.3 is 4.90 Å². The van der Waals surface area contributed by atoms with Crippen LogP contribution in [0.5, 0.6) is 0 Å². The molecule has 0 spiro atoms. The molecule has 0 aliphatic carbocycles. The molecule has 1 aliphatic heterocycles. The number of carbonyl (C=O) groups is 1. The molecule has 4 rings (SSSR count). The fourth-order valence-corrected chi connectivity index (χ4v) is 3.47. The SMILES string of the molecule is C=CC(=O)N1CCCC(c2nc(-c3cnn(C)c3)cn3nccc23)C1. The van der Waals surface area contributed by atoms with Crippen LogP contribution in [0.25, 0.3) is 16.8 Å². The molecule has 0 N–H and O–H groups in total. The van der Waals surface area contributed by atoms with Crippen molar-refractivity contribution in [3.05, 3.63) is 49.2 Å². The van der Waals surface area contributed by atoms with Crippen LogP contribution in [0.15, 0.2) is 43.5 Å². The molecule has 1 aliphatic rings. The van der Waals surface area contributed by atoms with Crippen LogP contribution in [-0.2, 0) is 11.8 Å². The van der Waals surface area contributed by atoms with Crippen LogP contribution >= 0.6 is 0 Å². The molecule has 0 saturated carbocycles. The van der Waals surface area contributed by atoms with Gasteiger partial charge in [-0.2, -0.15) is 10.2 Å². The number of aryl methyl sites for hydroxylation is 1. The molecule has 3 aromatic heterocycles. The zero-order valence-corrected chi connectivity index (χ0v) is 14.2. The average molecular weight is 336 g/mol. The molecule has 128 valence electrons. The van der Waals surface area contributed by atoms with Gasteiger partial charge in [-0.15, -0.1) is 0 Å². The van der Waals surface area contributed by atoms with Crippen molar-refractivity contribution in [3.63, 3.8) is 0 Å². The van der Waals surface area contributed by atoms with Crippen molar-refractivity contribution in [2.45, 2.75) is 18.8 Å². The van der Waals surface area contributed by atoms with E-state index in [1.54, 1.807) is 17.1 Å². The van der Waals surface area contributed by atoms with Crippen molar-refractivity contribution in [1.82, 2.24) is 29.3 Å². The molecular weight excluding hydrogens is 316 g/mol. The Morgan fingerprint density at radius 2 is 2.24 bits per heavy atom. The largest absolute Gasteiger partial charge is 0.339 e. The highest BCUT2D eigenvalue weighted by Crippen LogP contribution is 2.30. The van der Waals surface area contributed by atoms with E-state index < -0.39 is 0 Å². The molecule has 25 heavy (non-hydrogen) atoms. The first kappa shape index (κ1) is 15.6. The van der Waals surface area contributed by atoms with Crippen LogP contribution in [0.1, 0.15) is 24.5 Å². The van der Waals surface area contributed by atoms with Crippen LogP contribution in [0.2, 0.25) is 0 Å². The highest BCUT2D eigenvalue weighted by atomic mass is 16.2. The monoisotopic (exact) mass is 336 g/mol. The third-order valence-corrected chi connectivity index (χ3v) is 4.71. The van der Waals surface area contributed by atoms with E-state index in [0.717, 1.165) is 41.9 Å². The minimum absolute atomic E-state index is 0.0161. The number of amides is 1. The molecule has 3 aromatic rings. The van der Waals surface area contributed by atoms with Gasteiger partial charge in [0.05, 0.1) is 35.5 Å². The van der Waals surface area contributed by atoms with E-state index in [0.29, 0.717) is 6.54 Å². The van der Waals surface area contributed by atoms with Crippen molar-refractivity contribution < 1.29 is 4.79 Å². The lowest BCUT2D eigenvalue weighted by atomic mass is 9.93. The lowest BCUT2D eigenvalue weighted by molar-refractivity contribution is -0.127. The predicted octanol–water partition coefficient (Wildman–Crippen LogP) is 2.02. The van der Waals surface area contributed by atoms with Gasteiger partial charge in [0.1, 0.15) is 0 Å². The van der Waals surface area contributed by atoms with Gasteiger partial charge in [-0.3, -0.25) is 9.48 Å². The van der Waals surface area contributed by atoms with Gasteiger partial charge >= 0.3 is 0 Å². The topological polar surface area (TPSA) is 68.3 Å². The smallest absolute Gasteiger partial charge is 0.245 e. The zero-order chi connectivity index (χ0) is 17.4. The molecule has 7 nitrogen and oxygen atoms in total. The van der Waals surface area contributed by atoms with Crippen molar-refractivity contribution in [1.29, 1.82) is 0 Å². The molecule has 0 bridgehead atoms. The van der Waals surface area contributed by atoms with Crippen molar-refractivity contribution in [2.24, 2.45) is 7.05 Å². The van der Waals surface area contributed by atoms with E-state index >= 15 is 0 Å². The van der Waals surface area contributed by atoms with E-state index in [9.17, 15) is 4.79 Å². The first-order chi connectivity index (χ1) is 12.2. The van der Waals surface area contributed by atoms with Crippen LogP contribution in [0, 0.1) is 0 Å². The quantitative estimate of drug-likeness (QED) is 0.686. The number of fused-ring (bicyclic) bond motifs is 1. The first-order valence-corrected chi connectivity index (χ1v) is 8.40. The molecule has 1 fully saturated rings. The first-order valence-electron chi connectivity index (χ1n) is 8.40. The Morgan fingerprint density at radius 3 is 3.00 bits per heavy atom. The number of likely N-dealkylation sites (tertiary alicyclic amines) is 1. The van der Waals surface area contributed by atoms with Crippen LogP contribution < -0.4 is 0 Å². The summed E-state index contributed by atoms with van der Waals surface area (Å²) in [4.78, 5) is 18.8. The summed E-state index contributed by atoms with van der Waals surface area (Å²) < 4.78 is 3.62. The Bertz CT molecular complexity index is 940. The van der Waals surface area contributed by atoms with Gasteiger partial charge in [0.25, 0.3) is 0 Å². The van der Waals surface area contributed by atoms with E-state index in [1.165, 1.54) is 6.08 Å².